The fraction of sp³-hybridized carbons (Fsp3) is 0.300. The molecule has 0 aromatic heterocycles. The van der Waals surface area contributed by atoms with Crippen molar-refractivity contribution in [3.8, 4) is 5.75 Å². The number of phenolic OH excluding ortho intramolecular Hbond substituents is 1. The minimum atomic E-state index is -0.154. The van der Waals surface area contributed by atoms with E-state index in [9.17, 15) is 4.79 Å². The van der Waals surface area contributed by atoms with Gasteiger partial charge >= 0.3 is 0 Å². The number of aliphatic hydroxyl groups is 1. The molecule has 0 unspecified atom stereocenters. The molecule has 76 valence electrons. The molecule has 0 aliphatic heterocycles. The molecule has 0 aliphatic carbocycles. The van der Waals surface area contributed by atoms with Crippen LogP contribution < -0.4 is 4.90 Å². The van der Waals surface area contributed by atoms with Crippen LogP contribution >= 0.6 is 0 Å². The van der Waals surface area contributed by atoms with Crippen molar-refractivity contribution >= 4 is 11.6 Å². The lowest BCUT2D eigenvalue weighted by Gasteiger charge is -2.16. The molecule has 1 aromatic rings. The Kier molecular flexibility index (Phi) is 3.48. The number of hydrogen-bond acceptors (Lipinski definition) is 3. The summed E-state index contributed by atoms with van der Waals surface area (Å²) in [7, 11) is 1.63. The van der Waals surface area contributed by atoms with Gasteiger partial charge in [-0.1, -0.05) is 0 Å². The molecule has 4 nitrogen and oxygen atoms in total. The normalized spacial score (nSPS) is 9.86. The highest BCUT2D eigenvalue weighted by Crippen LogP contribution is 2.17. The summed E-state index contributed by atoms with van der Waals surface area (Å²) in [4.78, 5) is 12.8. The Morgan fingerprint density at radius 2 is 1.93 bits per heavy atom. The zero-order chi connectivity index (χ0) is 10.6. The lowest BCUT2D eigenvalue weighted by atomic mass is 10.2. The van der Waals surface area contributed by atoms with Gasteiger partial charge in [0.25, 0.3) is 0 Å². The first-order valence-electron chi connectivity index (χ1n) is 4.31. The number of carbonyl (C=O) groups excluding carboxylic acids is 1. The van der Waals surface area contributed by atoms with Crippen molar-refractivity contribution in [3.63, 3.8) is 0 Å². The fourth-order valence-electron chi connectivity index (χ4n) is 1.08. The van der Waals surface area contributed by atoms with Crippen molar-refractivity contribution in [1.29, 1.82) is 0 Å². The number of hydrogen-bond donors (Lipinski definition) is 2. The molecule has 0 radical (unpaired) electrons. The Hall–Kier alpha value is -1.55. The molecular formula is C10H13NO3. The minimum Gasteiger partial charge on any atom is -0.508 e. The third kappa shape index (κ3) is 2.47. The predicted octanol–water partition coefficient (Wildman–Crippen LogP) is 0.737. The Balaban J connectivity index is 2.73. The third-order valence-electron chi connectivity index (χ3n) is 1.94. The number of benzene rings is 1. The van der Waals surface area contributed by atoms with E-state index in [1.165, 1.54) is 17.0 Å². The van der Waals surface area contributed by atoms with E-state index < -0.39 is 0 Å². The largest absolute Gasteiger partial charge is 0.508 e. The van der Waals surface area contributed by atoms with Gasteiger partial charge in [-0.05, 0) is 24.3 Å². The molecule has 4 heteroatoms. The highest BCUT2D eigenvalue weighted by Gasteiger charge is 2.09. The van der Waals surface area contributed by atoms with Crippen molar-refractivity contribution in [2.75, 3.05) is 18.6 Å². The number of anilines is 1. The summed E-state index contributed by atoms with van der Waals surface area (Å²) in [5.74, 6) is 0.00921. The van der Waals surface area contributed by atoms with Crippen LogP contribution in [0.3, 0.4) is 0 Å². The molecule has 0 bridgehead atoms. The highest BCUT2D eigenvalue weighted by atomic mass is 16.3. The van der Waals surface area contributed by atoms with Gasteiger partial charge in [0.1, 0.15) is 5.75 Å². The number of aromatic hydroxyl groups is 1. The van der Waals surface area contributed by atoms with Gasteiger partial charge in [-0.2, -0.15) is 0 Å². The van der Waals surface area contributed by atoms with E-state index in [0.29, 0.717) is 5.69 Å². The molecule has 0 aliphatic rings. The maximum atomic E-state index is 11.3. The third-order valence-corrected chi connectivity index (χ3v) is 1.94. The van der Waals surface area contributed by atoms with Crippen LogP contribution in [0.2, 0.25) is 0 Å². The maximum Gasteiger partial charge on any atom is 0.229 e. The number of amides is 1. The molecule has 2 N–H and O–H groups in total. The van der Waals surface area contributed by atoms with Gasteiger partial charge in [0.05, 0.1) is 13.0 Å². The van der Waals surface area contributed by atoms with Gasteiger partial charge in [0.15, 0.2) is 0 Å². The second kappa shape index (κ2) is 4.62. The van der Waals surface area contributed by atoms with Crippen LogP contribution in [0.15, 0.2) is 24.3 Å². The van der Waals surface area contributed by atoms with Crippen LogP contribution in [0.4, 0.5) is 5.69 Å². The standard InChI is InChI=1S/C10H13NO3/c1-11(10(14)6-7-12)8-2-4-9(13)5-3-8/h2-5,12-13H,6-7H2,1H3. The molecule has 1 aromatic carbocycles. The van der Waals surface area contributed by atoms with Crippen LogP contribution in [-0.4, -0.2) is 29.8 Å². The first-order valence-corrected chi connectivity index (χ1v) is 4.31. The summed E-state index contributed by atoms with van der Waals surface area (Å²) < 4.78 is 0. The Morgan fingerprint density at radius 1 is 1.36 bits per heavy atom. The van der Waals surface area contributed by atoms with Gasteiger partial charge in [-0.25, -0.2) is 0 Å². The summed E-state index contributed by atoms with van der Waals surface area (Å²) in [6, 6.07) is 6.31. The van der Waals surface area contributed by atoms with E-state index in [1.807, 2.05) is 0 Å². The molecule has 0 fully saturated rings. The lowest BCUT2D eigenvalue weighted by Crippen LogP contribution is -2.26. The molecule has 14 heavy (non-hydrogen) atoms. The molecule has 0 saturated carbocycles. The second-order valence-corrected chi connectivity index (χ2v) is 2.94. The van der Waals surface area contributed by atoms with Gasteiger partial charge in [0.2, 0.25) is 5.91 Å². The van der Waals surface area contributed by atoms with Gasteiger partial charge in [0, 0.05) is 12.7 Å². The van der Waals surface area contributed by atoms with E-state index >= 15 is 0 Å². The lowest BCUT2D eigenvalue weighted by molar-refractivity contribution is -0.118. The monoisotopic (exact) mass is 195 g/mol. The van der Waals surface area contributed by atoms with E-state index in [4.69, 9.17) is 10.2 Å². The number of nitrogens with zero attached hydrogens (tertiary/aromatic N) is 1. The number of rotatable bonds is 3. The smallest absolute Gasteiger partial charge is 0.229 e. The van der Waals surface area contributed by atoms with Crippen molar-refractivity contribution in [1.82, 2.24) is 0 Å². The first kappa shape index (κ1) is 10.5. The van der Waals surface area contributed by atoms with E-state index in [2.05, 4.69) is 0 Å². The average Bonchev–Trinajstić information content (AvgIpc) is 2.18. The summed E-state index contributed by atoms with van der Waals surface area (Å²) in [6.07, 6.45) is 0.109. The summed E-state index contributed by atoms with van der Waals surface area (Å²) in [5.41, 5.74) is 0.696. The molecule has 0 saturated heterocycles. The SMILES string of the molecule is CN(C(=O)CCO)c1ccc(O)cc1. The Morgan fingerprint density at radius 3 is 2.43 bits per heavy atom. The zero-order valence-electron chi connectivity index (χ0n) is 7.97. The summed E-state index contributed by atoms with van der Waals surface area (Å²) in [5, 5.41) is 17.6. The fourth-order valence-corrected chi connectivity index (χ4v) is 1.08. The molecule has 0 spiro atoms. The predicted molar refractivity (Wildman–Crippen MR) is 53.2 cm³/mol. The van der Waals surface area contributed by atoms with Crippen molar-refractivity contribution in [2.45, 2.75) is 6.42 Å². The Bertz CT molecular complexity index is 308. The Labute approximate surface area is 82.4 Å². The molecular weight excluding hydrogens is 182 g/mol. The molecule has 0 atom stereocenters. The number of phenols is 1. The van der Waals surface area contributed by atoms with Crippen molar-refractivity contribution in [2.24, 2.45) is 0 Å². The summed E-state index contributed by atoms with van der Waals surface area (Å²) >= 11 is 0. The van der Waals surface area contributed by atoms with Crippen molar-refractivity contribution in [3.05, 3.63) is 24.3 Å². The van der Waals surface area contributed by atoms with Crippen LogP contribution in [0.5, 0.6) is 5.75 Å². The van der Waals surface area contributed by atoms with Crippen LogP contribution in [0, 0.1) is 0 Å². The zero-order valence-corrected chi connectivity index (χ0v) is 7.97. The van der Waals surface area contributed by atoms with Crippen molar-refractivity contribution < 1.29 is 15.0 Å². The van der Waals surface area contributed by atoms with Gasteiger partial charge in [-0.3, -0.25) is 4.79 Å². The van der Waals surface area contributed by atoms with Crippen LogP contribution in [0.25, 0.3) is 0 Å². The molecule has 0 heterocycles. The van der Waals surface area contributed by atoms with E-state index in [0.717, 1.165) is 0 Å². The maximum absolute atomic E-state index is 11.3. The number of aliphatic hydroxyl groups excluding tert-OH is 1. The molecule has 1 amide bonds. The topological polar surface area (TPSA) is 60.8 Å². The second-order valence-electron chi connectivity index (χ2n) is 2.94. The minimum absolute atomic E-state index is 0.109. The highest BCUT2D eigenvalue weighted by molar-refractivity contribution is 5.92. The number of carbonyl (C=O) groups is 1. The van der Waals surface area contributed by atoms with Gasteiger partial charge < -0.3 is 15.1 Å². The molecule has 1 rings (SSSR count). The summed E-state index contributed by atoms with van der Waals surface area (Å²) in [6.45, 7) is -0.152. The van der Waals surface area contributed by atoms with E-state index in [-0.39, 0.29) is 24.7 Å². The van der Waals surface area contributed by atoms with Crippen LogP contribution in [-0.2, 0) is 4.79 Å². The quantitative estimate of drug-likeness (QED) is 0.747. The first-order chi connectivity index (χ1) is 6.65. The van der Waals surface area contributed by atoms with Gasteiger partial charge in [-0.15, -0.1) is 0 Å². The van der Waals surface area contributed by atoms with E-state index in [1.54, 1.807) is 19.2 Å². The average molecular weight is 195 g/mol. The van der Waals surface area contributed by atoms with Crippen LogP contribution in [0.1, 0.15) is 6.42 Å².